The molecule has 1 saturated heterocycles. The maximum Gasteiger partial charge on any atom is 0.308 e. The number of thioether (sulfide) groups is 1. The van der Waals surface area contributed by atoms with Crippen molar-refractivity contribution in [3.05, 3.63) is 92.9 Å². The first-order valence-corrected chi connectivity index (χ1v) is 12.6. The monoisotopic (exact) mass is 527 g/mol. The van der Waals surface area contributed by atoms with Gasteiger partial charge in [0.1, 0.15) is 6.17 Å². The fourth-order valence-corrected chi connectivity index (χ4v) is 5.53. The van der Waals surface area contributed by atoms with Crippen LogP contribution in [0.1, 0.15) is 34.1 Å². The van der Waals surface area contributed by atoms with E-state index in [1.165, 1.54) is 35.5 Å². The average Bonchev–Trinajstić information content (AvgIpc) is 3.08. The van der Waals surface area contributed by atoms with Gasteiger partial charge in [0.2, 0.25) is 11.2 Å². The van der Waals surface area contributed by atoms with Crippen molar-refractivity contribution in [1.29, 1.82) is 0 Å². The first-order valence-electron chi connectivity index (χ1n) is 11.6. The Morgan fingerprint density at radius 3 is 2.76 bits per heavy atom. The van der Waals surface area contributed by atoms with Crippen molar-refractivity contribution in [3.8, 4) is 5.75 Å². The van der Waals surface area contributed by atoms with Crippen molar-refractivity contribution in [3.63, 3.8) is 0 Å². The number of ether oxygens (including phenoxy) is 2. The predicted molar refractivity (Wildman–Crippen MR) is 132 cm³/mol. The Morgan fingerprint density at radius 2 is 1.95 bits per heavy atom. The van der Waals surface area contributed by atoms with Crippen LogP contribution in [0.25, 0.3) is 0 Å². The van der Waals surface area contributed by atoms with Crippen LogP contribution in [0, 0.1) is 11.6 Å². The molecule has 4 heterocycles. The Labute approximate surface area is 215 Å². The van der Waals surface area contributed by atoms with E-state index >= 15 is 0 Å². The summed E-state index contributed by atoms with van der Waals surface area (Å²) in [6, 6.07) is 12.2. The molecule has 37 heavy (non-hydrogen) atoms. The Morgan fingerprint density at radius 1 is 1.14 bits per heavy atom. The van der Waals surface area contributed by atoms with E-state index in [0.717, 1.165) is 10.5 Å². The molecule has 1 atom stereocenters. The summed E-state index contributed by atoms with van der Waals surface area (Å²) in [6.45, 7) is 2.39. The number of hydrogen-bond acceptors (Lipinski definition) is 7. The molecule has 6 rings (SSSR count). The van der Waals surface area contributed by atoms with Crippen LogP contribution in [-0.2, 0) is 21.7 Å². The SMILES string of the molecule is CC(=O)Oc1c2n(ccc1=O)N[C@@H]1COCCN1C2=O.Fc1ccc2c(c1F)CSc1ccccc1C2. The summed E-state index contributed by atoms with van der Waals surface area (Å²) in [5, 5.41) is 0. The second kappa shape index (κ2) is 10.3. The first-order chi connectivity index (χ1) is 17.8. The molecular formula is C26H23F2N3O5S. The van der Waals surface area contributed by atoms with Crippen molar-refractivity contribution in [2.75, 3.05) is 25.2 Å². The lowest BCUT2D eigenvalue weighted by Gasteiger charge is -2.41. The highest BCUT2D eigenvalue weighted by Gasteiger charge is 2.37. The van der Waals surface area contributed by atoms with Crippen LogP contribution in [0.4, 0.5) is 8.78 Å². The number of morpholine rings is 1. The molecule has 3 aliphatic heterocycles. The van der Waals surface area contributed by atoms with Gasteiger partial charge in [-0.3, -0.25) is 19.1 Å². The largest absolute Gasteiger partial charge is 0.420 e. The Kier molecular flexibility index (Phi) is 6.98. The number of aromatic nitrogens is 1. The highest BCUT2D eigenvalue weighted by molar-refractivity contribution is 7.98. The highest BCUT2D eigenvalue weighted by Crippen LogP contribution is 2.35. The molecule has 1 N–H and O–H groups in total. The lowest BCUT2D eigenvalue weighted by Crippen LogP contribution is -2.59. The summed E-state index contributed by atoms with van der Waals surface area (Å²) in [4.78, 5) is 38.1. The molecule has 3 aromatic rings. The smallest absolute Gasteiger partial charge is 0.308 e. The fourth-order valence-electron chi connectivity index (χ4n) is 4.42. The average molecular weight is 528 g/mol. The third-order valence-electron chi connectivity index (χ3n) is 6.20. The van der Waals surface area contributed by atoms with E-state index in [1.807, 2.05) is 24.3 Å². The number of nitrogens with zero attached hydrogens (tertiary/aromatic N) is 2. The normalized spacial score (nSPS) is 17.5. The molecule has 0 saturated carbocycles. The lowest BCUT2D eigenvalue weighted by atomic mass is 10.0. The van der Waals surface area contributed by atoms with E-state index in [1.54, 1.807) is 22.7 Å². The minimum absolute atomic E-state index is 0.0332. The van der Waals surface area contributed by atoms with Crippen LogP contribution in [0.2, 0.25) is 0 Å². The molecule has 0 unspecified atom stereocenters. The van der Waals surface area contributed by atoms with Crippen LogP contribution in [0.5, 0.6) is 5.75 Å². The second-order valence-corrected chi connectivity index (χ2v) is 9.63. The summed E-state index contributed by atoms with van der Waals surface area (Å²) in [5.74, 6) is -2.20. The van der Waals surface area contributed by atoms with Crippen molar-refractivity contribution in [2.24, 2.45) is 0 Å². The number of nitrogens with one attached hydrogen (secondary N) is 1. The number of carbonyl (C=O) groups excluding carboxylic acids is 2. The summed E-state index contributed by atoms with van der Waals surface area (Å²) >= 11 is 1.57. The molecule has 1 aromatic heterocycles. The van der Waals surface area contributed by atoms with E-state index in [0.29, 0.717) is 37.5 Å². The Bertz CT molecular complexity index is 1440. The molecule has 3 aliphatic rings. The van der Waals surface area contributed by atoms with Gasteiger partial charge in [-0.2, -0.15) is 0 Å². The van der Waals surface area contributed by atoms with E-state index in [4.69, 9.17) is 9.47 Å². The second-order valence-electron chi connectivity index (χ2n) is 8.61. The van der Waals surface area contributed by atoms with E-state index in [9.17, 15) is 23.2 Å². The molecule has 1 amide bonds. The zero-order valence-corrected chi connectivity index (χ0v) is 20.6. The van der Waals surface area contributed by atoms with Gasteiger partial charge in [0, 0.05) is 41.9 Å². The van der Waals surface area contributed by atoms with Gasteiger partial charge in [0.05, 0.1) is 13.2 Å². The lowest BCUT2D eigenvalue weighted by molar-refractivity contribution is -0.132. The van der Waals surface area contributed by atoms with Crippen molar-refractivity contribution in [1.82, 2.24) is 9.58 Å². The highest BCUT2D eigenvalue weighted by atomic mass is 32.2. The van der Waals surface area contributed by atoms with Gasteiger partial charge in [-0.05, 0) is 29.7 Å². The number of rotatable bonds is 1. The number of pyridine rings is 1. The first kappa shape index (κ1) is 25.0. The molecule has 1 fully saturated rings. The maximum atomic E-state index is 13.7. The van der Waals surface area contributed by atoms with Gasteiger partial charge in [-0.25, -0.2) is 8.78 Å². The zero-order chi connectivity index (χ0) is 26.1. The molecule has 2 aromatic carbocycles. The summed E-state index contributed by atoms with van der Waals surface area (Å²) in [7, 11) is 0. The van der Waals surface area contributed by atoms with E-state index in [2.05, 4.69) is 5.43 Å². The number of amides is 1. The van der Waals surface area contributed by atoms with Crippen molar-refractivity contribution >= 4 is 23.6 Å². The molecule has 11 heteroatoms. The van der Waals surface area contributed by atoms with Gasteiger partial charge in [-0.15, -0.1) is 11.8 Å². The Balaban J connectivity index is 0.000000153. The van der Waals surface area contributed by atoms with Crippen molar-refractivity contribution in [2.45, 2.75) is 30.2 Å². The fraction of sp³-hybridized carbons (Fsp3) is 0.269. The topological polar surface area (TPSA) is 89.9 Å². The molecule has 0 radical (unpaired) electrons. The zero-order valence-electron chi connectivity index (χ0n) is 19.8. The summed E-state index contributed by atoms with van der Waals surface area (Å²) in [6.07, 6.45) is 1.82. The number of hydrogen-bond donors (Lipinski definition) is 1. The number of benzene rings is 2. The molecule has 0 aliphatic carbocycles. The van der Waals surface area contributed by atoms with Gasteiger partial charge in [0.25, 0.3) is 5.91 Å². The van der Waals surface area contributed by atoms with Crippen LogP contribution in [0.3, 0.4) is 0 Å². The quantitative estimate of drug-likeness (QED) is 0.486. The Hall–Kier alpha value is -3.70. The number of carbonyl (C=O) groups is 2. The molecule has 0 bridgehead atoms. The van der Waals surface area contributed by atoms with Crippen LogP contribution in [0.15, 0.2) is 58.4 Å². The van der Waals surface area contributed by atoms with E-state index < -0.39 is 23.0 Å². The minimum atomic E-state index is -0.754. The van der Waals surface area contributed by atoms with Gasteiger partial charge in [-0.1, -0.05) is 24.3 Å². The molecule has 192 valence electrons. The maximum absolute atomic E-state index is 13.7. The van der Waals surface area contributed by atoms with Gasteiger partial charge in [0.15, 0.2) is 17.3 Å². The minimum Gasteiger partial charge on any atom is -0.420 e. The van der Waals surface area contributed by atoms with E-state index in [-0.39, 0.29) is 23.5 Å². The summed E-state index contributed by atoms with van der Waals surface area (Å²) < 4.78 is 38.5. The standard InChI is InChI=1S/C14H10F2S.C12H13N3O5/c15-12-6-5-9-7-10-3-1-2-4-13(10)17-8-11(9)14(12)16;1-7(16)20-11-8(17)2-3-15-10(11)12(18)14-4-5-19-6-9(14)13-15/h1-6H,7-8H2;2-3,9,13H,4-6H2,1H3/t;9-/m.0/s1. The molecular weight excluding hydrogens is 504 g/mol. The van der Waals surface area contributed by atoms with Crippen LogP contribution >= 0.6 is 11.8 Å². The molecule has 8 nitrogen and oxygen atoms in total. The predicted octanol–water partition coefficient (Wildman–Crippen LogP) is 3.29. The summed E-state index contributed by atoms with van der Waals surface area (Å²) in [5.41, 5.74) is 5.14. The third kappa shape index (κ3) is 4.96. The van der Waals surface area contributed by atoms with Crippen molar-refractivity contribution < 1.29 is 27.8 Å². The number of esters is 1. The van der Waals surface area contributed by atoms with Gasteiger partial charge >= 0.3 is 5.97 Å². The third-order valence-corrected chi connectivity index (χ3v) is 7.34. The number of fused-ring (bicyclic) bond motifs is 4. The van der Waals surface area contributed by atoms with Crippen LogP contribution < -0.4 is 15.6 Å². The molecule has 0 spiro atoms. The number of halogens is 2. The van der Waals surface area contributed by atoms with Crippen LogP contribution in [-0.4, -0.2) is 47.4 Å². The van der Waals surface area contributed by atoms with Gasteiger partial charge < -0.3 is 19.8 Å².